The number of rotatable bonds is 5. The van der Waals surface area contributed by atoms with Gasteiger partial charge in [0.05, 0.1) is 31.1 Å². The van der Waals surface area contributed by atoms with Gasteiger partial charge in [0.15, 0.2) is 0 Å². The molecule has 6 nitrogen and oxygen atoms in total. The molecule has 1 aromatic carbocycles. The minimum Gasteiger partial charge on any atom is -0.497 e. The number of benzene rings is 1. The number of amides is 1. The highest BCUT2D eigenvalue weighted by Crippen LogP contribution is 2.22. The molecule has 6 heteroatoms. The Hall–Kier alpha value is -3.15. The zero-order chi connectivity index (χ0) is 17.8. The van der Waals surface area contributed by atoms with Crippen LogP contribution in [0.1, 0.15) is 15.9 Å². The van der Waals surface area contributed by atoms with Gasteiger partial charge in [-0.05, 0) is 29.8 Å². The van der Waals surface area contributed by atoms with Gasteiger partial charge in [-0.2, -0.15) is 5.10 Å². The molecule has 0 bridgehead atoms. The quantitative estimate of drug-likeness (QED) is 0.719. The van der Waals surface area contributed by atoms with Gasteiger partial charge in [-0.25, -0.2) is 0 Å². The SMILES string of the molecule is COc1ccc(Cn2cc(-c3ncccc3C(=O)N(C)C)cn2)cc1. The van der Waals surface area contributed by atoms with E-state index in [0.717, 1.165) is 16.9 Å². The Kier molecular flexibility index (Phi) is 4.79. The third-order valence-corrected chi connectivity index (χ3v) is 3.85. The van der Waals surface area contributed by atoms with Gasteiger partial charge in [0.1, 0.15) is 5.75 Å². The first-order valence-corrected chi connectivity index (χ1v) is 7.91. The van der Waals surface area contributed by atoms with Gasteiger partial charge >= 0.3 is 0 Å². The molecule has 0 aliphatic heterocycles. The van der Waals surface area contributed by atoms with Gasteiger partial charge in [0, 0.05) is 32.1 Å². The Morgan fingerprint density at radius 2 is 1.96 bits per heavy atom. The van der Waals surface area contributed by atoms with Gasteiger partial charge in [-0.3, -0.25) is 14.5 Å². The van der Waals surface area contributed by atoms with Crippen molar-refractivity contribution in [3.63, 3.8) is 0 Å². The summed E-state index contributed by atoms with van der Waals surface area (Å²) in [5, 5.41) is 4.40. The van der Waals surface area contributed by atoms with Crippen molar-refractivity contribution in [3.8, 4) is 17.0 Å². The molecule has 0 radical (unpaired) electrons. The molecule has 0 saturated carbocycles. The fraction of sp³-hybridized carbons (Fsp3) is 0.211. The number of ether oxygens (including phenoxy) is 1. The lowest BCUT2D eigenvalue weighted by molar-refractivity contribution is 0.0828. The van der Waals surface area contributed by atoms with E-state index in [0.29, 0.717) is 17.8 Å². The van der Waals surface area contributed by atoms with E-state index in [4.69, 9.17) is 4.74 Å². The molecular formula is C19H20N4O2. The normalized spacial score (nSPS) is 10.5. The maximum atomic E-state index is 12.3. The van der Waals surface area contributed by atoms with Crippen LogP contribution >= 0.6 is 0 Å². The summed E-state index contributed by atoms with van der Waals surface area (Å²) >= 11 is 0. The molecule has 0 N–H and O–H groups in total. The maximum Gasteiger partial charge on any atom is 0.255 e. The first-order chi connectivity index (χ1) is 12.1. The van der Waals surface area contributed by atoms with Crippen molar-refractivity contribution in [1.82, 2.24) is 19.7 Å². The van der Waals surface area contributed by atoms with Crippen LogP contribution in [0.5, 0.6) is 5.75 Å². The number of aromatic nitrogens is 3. The van der Waals surface area contributed by atoms with Crippen LogP contribution < -0.4 is 4.74 Å². The van der Waals surface area contributed by atoms with Crippen molar-refractivity contribution >= 4 is 5.91 Å². The number of carbonyl (C=O) groups excluding carboxylic acids is 1. The summed E-state index contributed by atoms with van der Waals surface area (Å²) in [5.41, 5.74) is 3.14. The summed E-state index contributed by atoms with van der Waals surface area (Å²) in [7, 11) is 5.10. The van der Waals surface area contributed by atoms with E-state index in [-0.39, 0.29) is 5.91 Å². The second kappa shape index (κ2) is 7.17. The molecule has 0 aliphatic rings. The van der Waals surface area contributed by atoms with Gasteiger partial charge in [-0.1, -0.05) is 12.1 Å². The molecule has 2 aromatic heterocycles. The summed E-state index contributed by atoms with van der Waals surface area (Å²) in [5.74, 6) is 0.747. The average Bonchev–Trinajstić information content (AvgIpc) is 3.10. The van der Waals surface area contributed by atoms with Crippen molar-refractivity contribution < 1.29 is 9.53 Å². The predicted molar refractivity (Wildman–Crippen MR) is 95.6 cm³/mol. The standard InChI is InChI=1S/C19H20N4O2/c1-22(2)19(24)17-5-4-10-20-18(17)15-11-21-23(13-15)12-14-6-8-16(25-3)9-7-14/h4-11,13H,12H2,1-3H3. The molecule has 128 valence electrons. The number of carbonyl (C=O) groups is 1. The van der Waals surface area contributed by atoms with E-state index in [1.54, 1.807) is 50.6 Å². The van der Waals surface area contributed by atoms with Crippen LogP contribution in [-0.4, -0.2) is 46.8 Å². The first kappa shape index (κ1) is 16.7. The van der Waals surface area contributed by atoms with Crippen molar-refractivity contribution in [3.05, 3.63) is 66.1 Å². The predicted octanol–water partition coefficient (Wildman–Crippen LogP) is 2.70. The fourth-order valence-corrected chi connectivity index (χ4v) is 2.54. The second-order valence-electron chi connectivity index (χ2n) is 5.87. The second-order valence-corrected chi connectivity index (χ2v) is 5.87. The third-order valence-electron chi connectivity index (χ3n) is 3.85. The summed E-state index contributed by atoms with van der Waals surface area (Å²) in [6, 6.07) is 11.4. The topological polar surface area (TPSA) is 60.3 Å². The van der Waals surface area contributed by atoms with Crippen molar-refractivity contribution in [2.24, 2.45) is 0 Å². The molecule has 0 spiro atoms. The van der Waals surface area contributed by atoms with Gasteiger partial charge in [-0.15, -0.1) is 0 Å². The van der Waals surface area contributed by atoms with Crippen molar-refractivity contribution in [2.75, 3.05) is 21.2 Å². The van der Waals surface area contributed by atoms with E-state index in [2.05, 4.69) is 10.1 Å². The van der Waals surface area contributed by atoms with Gasteiger partial charge in [0.2, 0.25) is 0 Å². The molecule has 0 fully saturated rings. The molecule has 3 rings (SSSR count). The zero-order valence-electron chi connectivity index (χ0n) is 14.5. The summed E-state index contributed by atoms with van der Waals surface area (Å²) in [6.07, 6.45) is 5.32. The molecule has 1 amide bonds. The molecular weight excluding hydrogens is 316 g/mol. The fourth-order valence-electron chi connectivity index (χ4n) is 2.54. The zero-order valence-corrected chi connectivity index (χ0v) is 14.5. The molecule has 25 heavy (non-hydrogen) atoms. The van der Waals surface area contributed by atoms with Crippen molar-refractivity contribution in [2.45, 2.75) is 6.54 Å². The Labute approximate surface area is 146 Å². The number of nitrogens with zero attached hydrogens (tertiary/aromatic N) is 4. The minimum absolute atomic E-state index is 0.0778. The van der Waals surface area contributed by atoms with E-state index in [9.17, 15) is 4.79 Å². The Morgan fingerprint density at radius 1 is 1.20 bits per heavy atom. The van der Waals surface area contributed by atoms with E-state index >= 15 is 0 Å². The van der Waals surface area contributed by atoms with Gasteiger partial charge in [0.25, 0.3) is 5.91 Å². The lowest BCUT2D eigenvalue weighted by Crippen LogP contribution is -2.22. The van der Waals surface area contributed by atoms with Gasteiger partial charge < -0.3 is 9.64 Å². The number of hydrogen-bond acceptors (Lipinski definition) is 4. The lowest BCUT2D eigenvalue weighted by Gasteiger charge is -2.12. The summed E-state index contributed by atoms with van der Waals surface area (Å²) in [6.45, 7) is 0.633. The number of pyridine rings is 1. The monoisotopic (exact) mass is 336 g/mol. The van der Waals surface area contributed by atoms with E-state index in [1.165, 1.54) is 0 Å². The highest BCUT2D eigenvalue weighted by molar-refractivity contribution is 5.99. The largest absolute Gasteiger partial charge is 0.497 e. The molecule has 0 saturated heterocycles. The third kappa shape index (κ3) is 3.68. The minimum atomic E-state index is -0.0778. The maximum absolute atomic E-state index is 12.3. The highest BCUT2D eigenvalue weighted by atomic mass is 16.5. The average molecular weight is 336 g/mol. The van der Waals surface area contributed by atoms with Crippen molar-refractivity contribution in [1.29, 1.82) is 0 Å². The molecule has 3 aromatic rings. The van der Waals surface area contributed by atoms with E-state index in [1.807, 2.05) is 35.1 Å². The van der Waals surface area contributed by atoms with Crippen LogP contribution in [0, 0.1) is 0 Å². The van der Waals surface area contributed by atoms with Crippen LogP contribution in [0.15, 0.2) is 55.0 Å². The summed E-state index contributed by atoms with van der Waals surface area (Å²) < 4.78 is 7.00. The molecule has 2 heterocycles. The number of methoxy groups -OCH3 is 1. The smallest absolute Gasteiger partial charge is 0.255 e. The molecule has 0 atom stereocenters. The molecule has 0 aliphatic carbocycles. The van der Waals surface area contributed by atoms with Crippen LogP contribution in [0.3, 0.4) is 0 Å². The molecule has 0 unspecified atom stereocenters. The Morgan fingerprint density at radius 3 is 2.64 bits per heavy atom. The van der Waals surface area contributed by atoms with Crippen LogP contribution in [0.4, 0.5) is 0 Å². The van der Waals surface area contributed by atoms with Crippen LogP contribution in [0.25, 0.3) is 11.3 Å². The van der Waals surface area contributed by atoms with Crippen LogP contribution in [-0.2, 0) is 6.54 Å². The Bertz CT molecular complexity index is 869. The first-order valence-electron chi connectivity index (χ1n) is 7.91. The summed E-state index contributed by atoms with van der Waals surface area (Å²) in [4.78, 5) is 18.3. The number of hydrogen-bond donors (Lipinski definition) is 0. The lowest BCUT2D eigenvalue weighted by atomic mass is 10.1. The highest BCUT2D eigenvalue weighted by Gasteiger charge is 2.16. The van der Waals surface area contributed by atoms with E-state index < -0.39 is 0 Å². The van der Waals surface area contributed by atoms with Crippen LogP contribution in [0.2, 0.25) is 0 Å². The Balaban J connectivity index is 1.85.